The Hall–Kier alpha value is -1.51. The maximum absolute atomic E-state index is 6.17. The van der Waals surface area contributed by atoms with Crippen LogP contribution in [0.25, 0.3) is 0 Å². The van der Waals surface area contributed by atoms with Gasteiger partial charge in [-0.2, -0.15) is 0 Å². The zero-order valence-corrected chi connectivity index (χ0v) is 11.2. The molecule has 18 heavy (non-hydrogen) atoms. The fraction of sp³-hybridized carbons (Fsp3) is 0.200. The number of hydrogen-bond donors (Lipinski definition) is 1. The molecular formula is C15H18ClNO. The average Bonchev–Trinajstić information content (AvgIpc) is 2.40. The smallest absolute Gasteiger partial charge is 0.118 e. The fourth-order valence-corrected chi connectivity index (χ4v) is 1.83. The van der Waals surface area contributed by atoms with Gasteiger partial charge in [0.05, 0.1) is 7.11 Å². The summed E-state index contributed by atoms with van der Waals surface area (Å²) >= 11 is 0. The Morgan fingerprint density at radius 2 is 1.61 bits per heavy atom. The molecule has 2 rings (SSSR count). The lowest BCUT2D eigenvalue weighted by molar-refractivity contribution is 0.414. The minimum absolute atomic E-state index is 0. The second-order valence-electron chi connectivity index (χ2n) is 4.07. The Kier molecular flexibility index (Phi) is 5.69. The van der Waals surface area contributed by atoms with Crippen LogP contribution in [0.15, 0.2) is 54.6 Å². The SMILES string of the molecule is COc1ccc(CC(N)c2ccccc2)cc1.Cl. The Labute approximate surface area is 114 Å². The number of rotatable bonds is 4. The quantitative estimate of drug-likeness (QED) is 0.918. The van der Waals surface area contributed by atoms with Gasteiger partial charge in [-0.3, -0.25) is 0 Å². The Bertz CT molecular complexity index is 456. The van der Waals surface area contributed by atoms with Crippen molar-refractivity contribution in [2.75, 3.05) is 7.11 Å². The van der Waals surface area contributed by atoms with Gasteiger partial charge in [0.2, 0.25) is 0 Å². The summed E-state index contributed by atoms with van der Waals surface area (Å²) < 4.78 is 5.13. The number of hydrogen-bond acceptors (Lipinski definition) is 2. The normalized spacial score (nSPS) is 11.4. The van der Waals surface area contributed by atoms with Crippen LogP contribution in [0.3, 0.4) is 0 Å². The van der Waals surface area contributed by atoms with E-state index in [0.29, 0.717) is 0 Å². The standard InChI is InChI=1S/C15H17NO.ClH/c1-17-14-9-7-12(8-10-14)11-15(16)13-5-3-2-4-6-13;/h2-10,15H,11,16H2,1H3;1H. The molecule has 0 spiro atoms. The van der Waals surface area contributed by atoms with E-state index in [4.69, 9.17) is 10.5 Å². The molecule has 0 aliphatic heterocycles. The van der Waals surface area contributed by atoms with Crippen LogP contribution in [-0.4, -0.2) is 7.11 Å². The highest BCUT2D eigenvalue weighted by Gasteiger charge is 2.06. The van der Waals surface area contributed by atoms with Crippen molar-refractivity contribution in [3.63, 3.8) is 0 Å². The summed E-state index contributed by atoms with van der Waals surface area (Å²) in [6, 6.07) is 18.3. The number of methoxy groups -OCH3 is 1. The molecule has 2 nitrogen and oxygen atoms in total. The molecule has 0 heterocycles. The maximum atomic E-state index is 6.17. The molecule has 2 aromatic rings. The second-order valence-corrected chi connectivity index (χ2v) is 4.07. The lowest BCUT2D eigenvalue weighted by Crippen LogP contribution is -2.13. The van der Waals surface area contributed by atoms with Gasteiger partial charge in [0.25, 0.3) is 0 Å². The first-order valence-corrected chi connectivity index (χ1v) is 5.73. The molecule has 0 aromatic heterocycles. The predicted octanol–water partition coefficient (Wildman–Crippen LogP) is 3.36. The molecule has 1 atom stereocenters. The van der Waals surface area contributed by atoms with Crippen LogP contribution < -0.4 is 10.5 Å². The van der Waals surface area contributed by atoms with E-state index in [1.54, 1.807) is 7.11 Å². The van der Waals surface area contributed by atoms with Crippen molar-refractivity contribution >= 4 is 12.4 Å². The fourth-order valence-electron chi connectivity index (χ4n) is 1.83. The molecule has 3 heteroatoms. The summed E-state index contributed by atoms with van der Waals surface area (Å²) in [6.45, 7) is 0. The lowest BCUT2D eigenvalue weighted by atomic mass is 10.00. The van der Waals surface area contributed by atoms with Crippen LogP contribution in [-0.2, 0) is 6.42 Å². The van der Waals surface area contributed by atoms with Gasteiger partial charge in [-0.25, -0.2) is 0 Å². The molecule has 2 N–H and O–H groups in total. The molecule has 2 aromatic carbocycles. The Morgan fingerprint density at radius 1 is 1.00 bits per heavy atom. The van der Waals surface area contributed by atoms with E-state index in [1.165, 1.54) is 11.1 Å². The van der Waals surface area contributed by atoms with Crippen molar-refractivity contribution in [2.24, 2.45) is 5.73 Å². The zero-order chi connectivity index (χ0) is 12.1. The van der Waals surface area contributed by atoms with Gasteiger partial charge in [-0.05, 0) is 29.7 Å². The molecule has 0 fully saturated rings. The highest BCUT2D eigenvalue weighted by atomic mass is 35.5. The van der Waals surface area contributed by atoms with Crippen LogP contribution >= 0.6 is 12.4 Å². The van der Waals surface area contributed by atoms with E-state index in [9.17, 15) is 0 Å². The van der Waals surface area contributed by atoms with E-state index in [2.05, 4.69) is 24.3 Å². The van der Waals surface area contributed by atoms with Gasteiger partial charge in [0.1, 0.15) is 5.75 Å². The van der Waals surface area contributed by atoms with E-state index in [1.807, 2.05) is 30.3 Å². The summed E-state index contributed by atoms with van der Waals surface area (Å²) in [6.07, 6.45) is 0.841. The lowest BCUT2D eigenvalue weighted by Gasteiger charge is -2.12. The van der Waals surface area contributed by atoms with E-state index < -0.39 is 0 Å². The van der Waals surface area contributed by atoms with Crippen LogP contribution in [0.5, 0.6) is 5.75 Å². The molecule has 1 unspecified atom stereocenters. The maximum Gasteiger partial charge on any atom is 0.118 e. The summed E-state index contributed by atoms with van der Waals surface area (Å²) in [5, 5.41) is 0. The third-order valence-electron chi connectivity index (χ3n) is 2.84. The number of nitrogens with two attached hydrogens (primary N) is 1. The van der Waals surface area contributed by atoms with E-state index in [-0.39, 0.29) is 18.4 Å². The minimum Gasteiger partial charge on any atom is -0.497 e. The second kappa shape index (κ2) is 7.04. The number of halogens is 1. The molecule has 0 saturated carbocycles. The molecular weight excluding hydrogens is 246 g/mol. The molecule has 0 radical (unpaired) electrons. The summed E-state index contributed by atoms with van der Waals surface area (Å²) in [4.78, 5) is 0. The van der Waals surface area contributed by atoms with Crippen molar-refractivity contribution < 1.29 is 4.74 Å². The third kappa shape index (κ3) is 3.76. The molecule has 0 amide bonds. The third-order valence-corrected chi connectivity index (χ3v) is 2.84. The first-order chi connectivity index (χ1) is 8.29. The summed E-state index contributed by atoms with van der Waals surface area (Å²) in [5.41, 5.74) is 8.56. The Morgan fingerprint density at radius 3 is 2.17 bits per heavy atom. The highest BCUT2D eigenvalue weighted by Crippen LogP contribution is 2.18. The van der Waals surface area contributed by atoms with Crippen molar-refractivity contribution in [1.29, 1.82) is 0 Å². The largest absolute Gasteiger partial charge is 0.497 e. The zero-order valence-electron chi connectivity index (χ0n) is 10.4. The van der Waals surface area contributed by atoms with Gasteiger partial charge < -0.3 is 10.5 Å². The predicted molar refractivity (Wildman–Crippen MR) is 77.3 cm³/mol. The van der Waals surface area contributed by atoms with Crippen molar-refractivity contribution in [1.82, 2.24) is 0 Å². The molecule has 0 aliphatic rings. The van der Waals surface area contributed by atoms with Crippen molar-refractivity contribution in [3.05, 3.63) is 65.7 Å². The number of benzene rings is 2. The highest BCUT2D eigenvalue weighted by molar-refractivity contribution is 5.85. The van der Waals surface area contributed by atoms with Gasteiger partial charge in [-0.1, -0.05) is 42.5 Å². The van der Waals surface area contributed by atoms with Crippen LogP contribution in [0, 0.1) is 0 Å². The van der Waals surface area contributed by atoms with Crippen molar-refractivity contribution in [2.45, 2.75) is 12.5 Å². The van der Waals surface area contributed by atoms with Crippen molar-refractivity contribution in [3.8, 4) is 5.75 Å². The summed E-state index contributed by atoms with van der Waals surface area (Å²) in [5.74, 6) is 0.877. The first-order valence-electron chi connectivity index (χ1n) is 5.73. The van der Waals surface area contributed by atoms with Crippen LogP contribution in [0.2, 0.25) is 0 Å². The monoisotopic (exact) mass is 263 g/mol. The van der Waals surface area contributed by atoms with E-state index in [0.717, 1.165) is 12.2 Å². The van der Waals surface area contributed by atoms with Gasteiger partial charge in [0, 0.05) is 6.04 Å². The topological polar surface area (TPSA) is 35.2 Å². The van der Waals surface area contributed by atoms with E-state index >= 15 is 0 Å². The molecule has 0 bridgehead atoms. The van der Waals surface area contributed by atoms with Crippen LogP contribution in [0.1, 0.15) is 17.2 Å². The van der Waals surface area contributed by atoms with Gasteiger partial charge in [-0.15, -0.1) is 12.4 Å². The Balaban J connectivity index is 0.00000162. The molecule has 0 saturated heterocycles. The first kappa shape index (κ1) is 14.6. The molecule has 96 valence electrons. The minimum atomic E-state index is 0. The van der Waals surface area contributed by atoms with Gasteiger partial charge >= 0.3 is 0 Å². The average molecular weight is 264 g/mol. The molecule has 0 aliphatic carbocycles. The summed E-state index contributed by atoms with van der Waals surface area (Å²) in [7, 11) is 1.67. The van der Waals surface area contributed by atoms with Gasteiger partial charge in [0.15, 0.2) is 0 Å². The van der Waals surface area contributed by atoms with Crippen LogP contribution in [0.4, 0.5) is 0 Å². The number of ether oxygens (including phenoxy) is 1.